The first kappa shape index (κ1) is 21.4. The summed E-state index contributed by atoms with van der Waals surface area (Å²) in [6.07, 6.45) is 0.649. The van der Waals surface area contributed by atoms with Gasteiger partial charge in [-0.15, -0.1) is 11.3 Å². The van der Waals surface area contributed by atoms with E-state index in [-0.39, 0.29) is 24.1 Å². The molecule has 0 radical (unpaired) electrons. The molecule has 2 heterocycles. The zero-order valence-corrected chi connectivity index (χ0v) is 18.9. The van der Waals surface area contributed by atoms with Gasteiger partial charge in [-0.3, -0.25) is 9.59 Å². The first-order valence-electron chi connectivity index (χ1n) is 10.9. The largest absolute Gasteiger partial charge is 0.335 e. The maximum absolute atomic E-state index is 13.8. The summed E-state index contributed by atoms with van der Waals surface area (Å²) in [5, 5.41) is 2.74. The lowest BCUT2D eigenvalue weighted by Crippen LogP contribution is -2.92. The fraction of sp³-hybridized carbons (Fsp3) is 0.192. The van der Waals surface area contributed by atoms with Crippen LogP contribution < -0.4 is 10.2 Å². The van der Waals surface area contributed by atoms with Crippen LogP contribution in [0.25, 0.3) is 20.8 Å². The monoisotopic (exact) mass is 460 g/mol. The lowest BCUT2D eigenvalue weighted by Gasteiger charge is -2.14. The van der Waals surface area contributed by atoms with Crippen molar-refractivity contribution in [1.29, 1.82) is 0 Å². The van der Waals surface area contributed by atoms with Gasteiger partial charge in [0.05, 0.1) is 28.9 Å². The van der Waals surface area contributed by atoms with Gasteiger partial charge in [0.25, 0.3) is 5.91 Å². The van der Waals surface area contributed by atoms with Gasteiger partial charge in [-0.1, -0.05) is 24.3 Å². The van der Waals surface area contributed by atoms with Gasteiger partial charge in [-0.25, -0.2) is 14.3 Å². The van der Waals surface area contributed by atoms with Crippen LogP contribution in [0.5, 0.6) is 0 Å². The molecule has 7 heteroatoms. The highest BCUT2D eigenvalue weighted by Crippen LogP contribution is 2.32. The average Bonchev–Trinajstić information content (AvgIpc) is 3.35. The Balaban J connectivity index is 1.27. The minimum atomic E-state index is -0.476. The summed E-state index contributed by atoms with van der Waals surface area (Å²) >= 11 is 1.62. The number of fused-ring (bicyclic) bond motifs is 1. The van der Waals surface area contributed by atoms with Gasteiger partial charge in [-0.2, -0.15) is 0 Å². The molecule has 1 atom stereocenters. The Hall–Kier alpha value is -3.42. The Kier molecular flexibility index (Phi) is 5.74. The van der Waals surface area contributed by atoms with Gasteiger partial charge in [0, 0.05) is 12.0 Å². The topological polar surface area (TPSA) is 66.9 Å². The van der Waals surface area contributed by atoms with Crippen molar-refractivity contribution in [3.05, 3.63) is 83.7 Å². The molecule has 1 aromatic heterocycles. The zero-order chi connectivity index (χ0) is 22.9. The fourth-order valence-corrected chi connectivity index (χ4v) is 5.23. The third-order valence-corrected chi connectivity index (χ3v) is 6.99. The molecule has 1 aliphatic rings. The molecule has 3 aromatic carbocycles. The van der Waals surface area contributed by atoms with Crippen LogP contribution in [0.4, 0.5) is 10.1 Å². The van der Waals surface area contributed by atoms with Crippen molar-refractivity contribution in [2.45, 2.75) is 25.8 Å². The van der Waals surface area contributed by atoms with E-state index in [4.69, 9.17) is 4.98 Å². The van der Waals surface area contributed by atoms with Crippen LogP contribution in [-0.2, 0) is 16.0 Å². The number of quaternary nitrogens is 1. The number of hydrogen-bond donors (Lipinski definition) is 1. The normalized spacial score (nSPS) is 16.2. The predicted octanol–water partition coefficient (Wildman–Crippen LogP) is 3.85. The van der Waals surface area contributed by atoms with E-state index < -0.39 is 6.04 Å². The molecular weight excluding hydrogens is 437 g/mol. The number of rotatable bonds is 6. The number of carbonyl (C=O) groups is 2. The number of aryl methyl sites for hydroxylation is 1. The number of hydrogen-bond acceptors (Lipinski definition) is 4. The van der Waals surface area contributed by atoms with Gasteiger partial charge in [-0.05, 0) is 60.5 Å². The molecule has 2 amide bonds. The molecular formula is C26H23FN3O2S+. The first-order valence-corrected chi connectivity index (χ1v) is 11.7. The van der Waals surface area contributed by atoms with Crippen molar-refractivity contribution < 1.29 is 19.3 Å². The van der Waals surface area contributed by atoms with Crippen LogP contribution in [0.2, 0.25) is 0 Å². The summed E-state index contributed by atoms with van der Waals surface area (Å²) < 4.78 is 14.9. The van der Waals surface area contributed by atoms with Crippen molar-refractivity contribution in [3.63, 3.8) is 0 Å². The van der Waals surface area contributed by atoms with E-state index >= 15 is 0 Å². The second-order valence-corrected chi connectivity index (χ2v) is 9.31. The molecule has 33 heavy (non-hydrogen) atoms. The maximum Gasteiger partial charge on any atom is 0.292 e. The molecule has 0 aliphatic carbocycles. The van der Waals surface area contributed by atoms with Crippen molar-refractivity contribution in [2.75, 3.05) is 11.4 Å². The van der Waals surface area contributed by atoms with E-state index in [0.29, 0.717) is 24.2 Å². The molecule has 166 valence electrons. The smallest absolute Gasteiger partial charge is 0.292 e. The van der Waals surface area contributed by atoms with E-state index in [1.165, 1.54) is 16.5 Å². The highest BCUT2D eigenvalue weighted by atomic mass is 32.1. The van der Waals surface area contributed by atoms with Gasteiger partial charge < -0.3 is 5.32 Å². The van der Waals surface area contributed by atoms with E-state index in [1.807, 2.05) is 29.6 Å². The average molecular weight is 461 g/mol. The Bertz CT molecular complexity index is 1350. The van der Waals surface area contributed by atoms with Gasteiger partial charge in [0.1, 0.15) is 10.8 Å². The second kappa shape index (κ2) is 8.84. The number of nitrogens with two attached hydrogens (primary N) is 1. The maximum atomic E-state index is 13.8. The van der Waals surface area contributed by atoms with Crippen LogP contribution >= 0.6 is 11.3 Å². The summed E-state index contributed by atoms with van der Waals surface area (Å²) in [7, 11) is 0. The minimum Gasteiger partial charge on any atom is -0.335 e. The number of nitrogens with zero attached hydrogens (tertiary/aromatic N) is 2. The summed E-state index contributed by atoms with van der Waals surface area (Å²) in [5.41, 5.74) is 4.28. The molecule has 1 aliphatic heterocycles. The summed E-state index contributed by atoms with van der Waals surface area (Å²) in [6.45, 7) is 2.59. The van der Waals surface area contributed by atoms with E-state index in [9.17, 15) is 14.0 Å². The molecule has 2 N–H and O–H groups in total. The standard InChI is InChI=1S/C26H22FN3O2S/c1-16-6-11-21-23(14-16)33-25(29-21)18-7-9-19(10-8-18)30-24(31)15-22(26(30)32)28-13-12-17-4-2-3-5-20(17)27/h2-11,14,22,28H,12-13,15H2,1H3/p+1/t22-/m1/s1. The Morgan fingerprint density at radius 1 is 1.09 bits per heavy atom. The lowest BCUT2D eigenvalue weighted by atomic mass is 10.1. The molecule has 0 bridgehead atoms. The second-order valence-electron chi connectivity index (χ2n) is 8.28. The Morgan fingerprint density at radius 3 is 2.67 bits per heavy atom. The van der Waals surface area contributed by atoms with Gasteiger partial charge >= 0.3 is 0 Å². The van der Waals surface area contributed by atoms with E-state index in [0.717, 1.165) is 20.8 Å². The van der Waals surface area contributed by atoms with Crippen LogP contribution in [0.15, 0.2) is 66.7 Å². The molecule has 0 unspecified atom stereocenters. The number of anilines is 1. The van der Waals surface area contributed by atoms with Crippen molar-refractivity contribution in [3.8, 4) is 10.6 Å². The van der Waals surface area contributed by atoms with Crippen molar-refractivity contribution in [2.24, 2.45) is 0 Å². The lowest BCUT2D eigenvalue weighted by molar-refractivity contribution is -0.674. The van der Waals surface area contributed by atoms with E-state index in [1.54, 1.807) is 41.7 Å². The SMILES string of the molecule is Cc1ccc2nc(-c3ccc(N4C(=O)C[C@@H]([NH2+]CCc5ccccc5F)C4=O)cc3)sc2c1. The van der Waals surface area contributed by atoms with E-state index in [2.05, 4.69) is 13.0 Å². The highest BCUT2D eigenvalue weighted by molar-refractivity contribution is 7.21. The molecule has 5 rings (SSSR count). The van der Waals surface area contributed by atoms with Gasteiger partial charge in [0.2, 0.25) is 5.91 Å². The van der Waals surface area contributed by atoms with Crippen LogP contribution in [0, 0.1) is 12.7 Å². The minimum absolute atomic E-state index is 0.148. The molecule has 4 aromatic rings. The van der Waals surface area contributed by atoms with Crippen molar-refractivity contribution in [1.82, 2.24) is 4.98 Å². The summed E-state index contributed by atoms with van der Waals surface area (Å²) in [6, 6.07) is 19.7. The van der Waals surface area contributed by atoms with Crippen LogP contribution in [0.3, 0.4) is 0 Å². The highest BCUT2D eigenvalue weighted by Gasteiger charge is 2.42. The number of carbonyl (C=O) groups excluding carboxylic acids is 2. The number of imide groups is 1. The zero-order valence-electron chi connectivity index (χ0n) is 18.1. The van der Waals surface area contributed by atoms with Crippen LogP contribution in [-0.4, -0.2) is 29.4 Å². The Morgan fingerprint density at radius 2 is 1.88 bits per heavy atom. The van der Waals surface area contributed by atoms with Crippen molar-refractivity contribution >= 4 is 39.1 Å². The molecule has 1 fully saturated rings. The number of aromatic nitrogens is 1. The third-order valence-electron chi connectivity index (χ3n) is 5.92. The third kappa shape index (κ3) is 4.29. The first-order chi connectivity index (χ1) is 16.0. The predicted molar refractivity (Wildman–Crippen MR) is 128 cm³/mol. The van der Waals surface area contributed by atoms with Gasteiger partial charge in [0.15, 0.2) is 6.04 Å². The quantitative estimate of drug-likeness (QED) is 0.445. The number of thiazole rings is 1. The Labute approximate surface area is 194 Å². The summed E-state index contributed by atoms with van der Waals surface area (Å²) in [5.74, 6) is -0.684. The molecule has 1 saturated heterocycles. The summed E-state index contributed by atoms with van der Waals surface area (Å²) in [4.78, 5) is 31.5. The molecule has 0 spiro atoms. The van der Waals surface area contributed by atoms with Crippen LogP contribution in [0.1, 0.15) is 17.5 Å². The fourth-order valence-electron chi connectivity index (χ4n) is 4.16. The number of halogens is 1. The number of benzene rings is 3. The molecule has 0 saturated carbocycles. The number of amides is 2. The molecule has 5 nitrogen and oxygen atoms in total.